The lowest BCUT2D eigenvalue weighted by Crippen LogP contribution is -2.56. The Hall–Kier alpha value is -1.26. The van der Waals surface area contributed by atoms with Crippen LogP contribution in [-0.4, -0.2) is 30.8 Å². The fraction of sp³-hybridized carbons (Fsp3) is 0.778. The second kappa shape index (κ2) is 3.15. The molecule has 0 unspecified atom stereocenters. The highest BCUT2D eigenvalue weighted by Crippen LogP contribution is 2.40. The Bertz CT molecular complexity index is 270. The van der Waals surface area contributed by atoms with Gasteiger partial charge in [0.25, 0.3) is 0 Å². The molecule has 2 fully saturated rings. The molecule has 0 aromatic carbocycles. The highest BCUT2D eigenvalue weighted by molar-refractivity contribution is 5.76. The Labute approximate surface area is 81.7 Å². The van der Waals surface area contributed by atoms with Gasteiger partial charge in [-0.3, -0.25) is 4.79 Å². The van der Waals surface area contributed by atoms with E-state index in [1.165, 1.54) is 0 Å². The summed E-state index contributed by atoms with van der Waals surface area (Å²) in [6.07, 6.45) is 0.891. The maximum Gasteiger partial charge on any atom is 0.407 e. The summed E-state index contributed by atoms with van der Waals surface area (Å²) in [6, 6.07) is 0. The molecule has 1 saturated carbocycles. The molecule has 2 rings (SSSR count). The van der Waals surface area contributed by atoms with Gasteiger partial charge in [-0.05, 0) is 19.8 Å². The third-order valence-electron chi connectivity index (χ3n) is 2.74. The molecule has 1 aliphatic heterocycles. The number of nitrogens with one attached hydrogen (secondary N) is 1. The number of esters is 1. The van der Waals surface area contributed by atoms with Gasteiger partial charge in [-0.2, -0.15) is 0 Å². The minimum absolute atomic E-state index is 0.0723. The third-order valence-corrected chi connectivity index (χ3v) is 2.74. The van der Waals surface area contributed by atoms with Crippen LogP contribution in [0.1, 0.15) is 19.8 Å². The van der Waals surface area contributed by atoms with E-state index in [0.717, 1.165) is 0 Å². The van der Waals surface area contributed by atoms with Crippen molar-refractivity contribution in [3.8, 4) is 0 Å². The van der Waals surface area contributed by atoms with Gasteiger partial charge in [0.15, 0.2) is 0 Å². The highest BCUT2D eigenvalue weighted by Gasteiger charge is 2.53. The van der Waals surface area contributed by atoms with Crippen molar-refractivity contribution >= 4 is 12.1 Å². The number of cyclic esters (lactones) is 1. The Kier molecular flexibility index (Phi) is 2.09. The van der Waals surface area contributed by atoms with Crippen LogP contribution in [-0.2, 0) is 14.3 Å². The number of carbonyl (C=O) groups is 2. The maximum absolute atomic E-state index is 11.3. The van der Waals surface area contributed by atoms with Gasteiger partial charge in [0.2, 0.25) is 0 Å². The van der Waals surface area contributed by atoms with E-state index >= 15 is 0 Å². The van der Waals surface area contributed by atoms with Crippen LogP contribution in [0.3, 0.4) is 0 Å². The number of hydrogen-bond donors (Lipinski definition) is 1. The fourth-order valence-corrected chi connectivity index (χ4v) is 2.02. The van der Waals surface area contributed by atoms with E-state index in [9.17, 15) is 9.59 Å². The number of alkyl carbamates (subject to hydrolysis) is 1. The van der Waals surface area contributed by atoms with Gasteiger partial charge in [0.1, 0.15) is 6.61 Å². The quantitative estimate of drug-likeness (QED) is 0.655. The van der Waals surface area contributed by atoms with Gasteiger partial charge in [0, 0.05) is 0 Å². The summed E-state index contributed by atoms with van der Waals surface area (Å²) >= 11 is 0. The van der Waals surface area contributed by atoms with Crippen LogP contribution in [0.15, 0.2) is 0 Å². The van der Waals surface area contributed by atoms with E-state index in [1.807, 2.05) is 0 Å². The lowest BCUT2D eigenvalue weighted by molar-refractivity contribution is -0.153. The average molecular weight is 199 g/mol. The molecule has 1 aliphatic carbocycles. The number of hydrogen-bond acceptors (Lipinski definition) is 4. The highest BCUT2D eigenvalue weighted by atomic mass is 16.6. The van der Waals surface area contributed by atoms with Gasteiger partial charge >= 0.3 is 12.1 Å². The third kappa shape index (κ3) is 1.42. The topological polar surface area (TPSA) is 64.6 Å². The summed E-state index contributed by atoms with van der Waals surface area (Å²) in [5, 5.41) is 2.72. The lowest BCUT2D eigenvalue weighted by Gasteiger charge is -2.41. The van der Waals surface area contributed by atoms with Crippen molar-refractivity contribution in [1.29, 1.82) is 0 Å². The summed E-state index contributed by atoms with van der Waals surface area (Å²) in [7, 11) is 0. The minimum atomic E-state index is -0.382. The summed E-state index contributed by atoms with van der Waals surface area (Å²) in [5.74, 6) is -0.240. The second-order valence-electron chi connectivity index (χ2n) is 3.84. The zero-order valence-electron chi connectivity index (χ0n) is 8.04. The summed E-state index contributed by atoms with van der Waals surface area (Å²) < 4.78 is 9.68. The second-order valence-corrected chi connectivity index (χ2v) is 3.84. The standard InChI is InChI=1S/C9H13NO4/c1-2-13-7(11)6-3-9(4-6)5-14-8(12)10-9/h6H,2-5H2,1H3,(H,10,12). The van der Waals surface area contributed by atoms with E-state index in [1.54, 1.807) is 6.92 Å². The molecule has 14 heavy (non-hydrogen) atoms. The monoisotopic (exact) mass is 199 g/mol. The van der Waals surface area contributed by atoms with Crippen LogP contribution >= 0.6 is 0 Å². The van der Waals surface area contributed by atoms with Gasteiger partial charge in [-0.15, -0.1) is 0 Å². The molecule has 1 saturated heterocycles. The molecule has 0 aromatic rings. The Morgan fingerprint density at radius 3 is 2.93 bits per heavy atom. The van der Waals surface area contributed by atoms with Crippen LogP contribution in [0.4, 0.5) is 4.79 Å². The zero-order chi connectivity index (χ0) is 10.2. The Morgan fingerprint density at radius 1 is 1.71 bits per heavy atom. The molecule has 2 aliphatic rings. The van der Waals surface area contributed by atoms with Gasteiger partial charge < -0.3 is 14.8 Å². The number of ether oxygens (including phenoxy) is 2. The lowest BCUT2D eigenvalue weighted by atomic mass is 9.69. The first-order valence-corrected chi connectivity index (χ1v) is 4.77. The smallest absolute Gasteiger partial charge is 0.407 e. The van der Waals surface area contributed by atoms with Crippen molar-refractivity contribution in [1.82, 2.24) is 5.32 Å². The SMILES string of the molecule is CCOC(=O)C1CC2(COC(=O)N2)C1. The molecule has 1 spiro atoms. The Morgan fingerprint density at radius 2 is 2.43 bits per heavy atom. The fourth-order valence-electron chi connectivity index (χ4n) is 2.02. The molecular formula is C9H13NO4. The molecular weight excluding hydrogens is 186 g/mol. The molecule has 5 nitrogen and oxygen atoms in total. The van der Waals surface area contributed by atoms with Crippen molar-refractivity contribution in [2.75, 3.05) is 13.2 Å². The van der Waals surface area contributed by atoms with E-state index in [2.05, 4.69) is 5.32 Å². The molecule has 78 valence electrons. The van der Waals surface area contributed by atoms with Crippen LogP contribution in [0.25, 0.3) is 0 Å². The van der Waals surface area contributed by atoms with Crippen molar-refractivity contribution in [2.45, 2.75) is 25.3 Å². The summed E-state index contributed by atoms with van der Waals surface area (Å²) in [5.41, 5.74) is -0.283. The summed E-state index contributed by atoms with van der Waals surface area (Å²) in [4.78, 5) is 22.1. The number of rotatable bonds is 2. The van der Waals surface area contributed by atoms with Gasteiger partial charge in [0.05, 0.1) is 18.1 Å². The predicted molar refractivity (Wildman–Crippen MR) is 46.6 cm³/mol. The molecule has 1 N–H and O–H groups in total. The molecule has 0 radical (unpaired) electrons. The van der Waals surface area contributed by atoms with Crippen molar-refractivity contribution < 1.29 is 19.1 Å². The van der Waals surface area contributed by atoms with Crippen LogP contribution in [0.2, 0.25) is 0 Å². The van der Waals surface area contributed by atoms with E-state index in [0.29, 0.717) is 26.1 Å². The molecule has 0 atom stereocenters. The maximum atomic E-state index is 11.3. The molecule has 0 aromatic heterocycles. The number of carbonyl (C=O) groups excluding carboxylic acids is 2. The molecule has 1 heterocycles. The minimum Gasteiger partial charge on any atom is -0.466 e. The Balaban J connectivity index is 1.84. The van der Waals surface area contributed by atoms with Gasteiger partial charge in [-0.1, -0.05) is 0 Å². The van der Waals surface area contributed by atoms with Crippen LogP contribution < -0.4 is 5.32 Å². The van der Waals surface area contributed by atoms with Crippen molar-refractivity contribution in [3.05, 3.63) is 0 Å². The zero-order valence-corrected chi connectivity index (χ0v) is 8.04. The largest absolute Gasteiger partial charge is 0.466 e. The van der Waals surface area contributed by atoms with Crippen LogP contribution in [0.5, 0.6) is 0 Å². The van der Waals surface area contributed by atoms with E-state index in [4.69, 9.17) is 9.47 Å². The van der Waals surface area contributed by atoms with Gasteiger partial charge in [-0.25, -0.2) is 4.79 Å². The molecule has 1 amide bonds. The van der Waals surface area contributed by atoms with Crippen LogP contribution in [0, 0.1) is 5.92 Å². The first-order valence-electron chi connectivity index (χ1n) is 4.77. The van der Waals surface area contributed by atoms with Crippen molar-refractivity contribution in [2.24, 2.45) is 5.92 Å². The van der Waals surface area contributed by atoms with Crippen molar-refractivity contribution in [3.63, 3.8) is 0 Å². The van der Waals surface area contributed by atoms with E-state index in [-0.39, 0.29) is 23.5 Å². The van der Waals surface area contributed by atoms with E-state index < -0.39 is 0 Å². The normalized spacial score (nSPS) is 34.6. The average Bonchev–Trinajstić information content (AvgIpc) is 2.45. The summed E-state index contributed by atoms with van der Waals surface area (Å²) in [6.45, 7) is 2.57. The molecule has 5 heteroatoms. The number of amides is 1. The predicted octanol–water partition coefficient (Wildman–Crippen LogP) is 0.438. The molecule has 0 bridgehead atoms. The first-order chi connectivity index (χ1) is 6.65. The first kappa shape index (κ1) is 9.30.